The van der Waals surface area contributed by atoms with Crippen LogP contribution in [0.25, 0.3) is 6.08 Å². The van der Waals surface area contributed by atoms with Gasteiger partial charge in [-0.1, -0.05) is 37.8 Å². The Hall–Kier alpha value is -2.84. The van der Waals surface area contributed by atoms with Crippen molar-refractivity contribution in [3.8, 4) is 6.07 Å². The van der Waals surface area contributed by atoms with Gasteiger partial charge in [-0.25, -0.2) is 4.79 Å². The number of carbonyl (C=O) groups excluding carboxylic acids is 2. The second kappa shape index (κ2) is 11.3. The van der Waals surface area contributed by atoms with E-state index in [9.17, 15) is 19.6 Å². The molecule has 0 aromatic carbocycles. The fraction of sp³-hybridized carbons (Fsp3) is 0.542. The number of thiocarbonyl (C=S) groups is 1. The van der Waals surface area contributed by atoms with Crippen molar-refractivity contribution in [2.45, 2.75) is 34.1 Å². The standard InChI is InChI=1S/C24H31N5O4S2/c1-6-33-23(32)28-11-9-27(10-12-28)20-17(16(4)18(14-25)21(30)26(20)5)13-19-22(31)29(24(34)35-19)8-7-15(2)3/h13,15H,6-12H2,1-5H3/b19-13-. The van der Waals surface area contributed by atoms with Crippen LogP contribution in [0, 0.1) is 24.2 Å². The zero-order chi connectivity index (χ0) is 25.9. The number of piperazine rings is 1. The largest absolute Gasteiger partial charge is 0.450 e. The summed E-state index contributed by atoms with van der Waals surface area (Å²) in [5.74, 6) is 0.889. The van der Waals surface area contributed by atoms with E-state index in [2.05, 4.69) is 13.8 Å². The van der Waals surface area contributed by atoms with Crippen molar-refractivity contribution in [1.82, 2.24) is 14.4 Å². The molecule has 2 fully saturated rings. The Morgan fingerprint density at radius 3 is 2.49 bits per heavy atom. The Morgan fingerprint density at radius 2 is 1.91 bits per heavy atom. The van der Waals surface area contributed by atoms with Crippen molar-refractivity contribution in [3.63, 3.8) is 0 Å². The van der Waals surface area contributed by atoms with Crippen LogP contribution in [0.5, 0.6) is 0 Å². The lowest BCUT2D eigenvalue weighted by molar-refractivity contribution is -0.122. The molecular weight excluding hydrogens is 486 g/mol. The third kappa shape index (κ3) is 5.54. The Balaban J connectivity index is 2.01. The normalized spacial score (nSPS) is 17.5. The number of hydrogen-bond acceptors (Lipinski definition) is 8. The molecule has 188 valence electrons. The fourth-order valence-corrected chi connectivity index (χ4v) is 5.41. The Labute approximate surface area is 215 Å². The molecule has 9 nitrogen and oxygen atoms in total. The molecule has 0 bridgehead atoms. The highest BCUT2D eigenvalue weighted by molar-refractivity contribution is 8.26. The van der Waals surface area contributed by atoms with Gasteiger partial charge in [0.15, 0.2) is 0 Å². The minimum Gasteiger partial charge on any atom is -0.450 e. The van der Waals surface area contributed by atoms with E-state index in [0.29, 0.717) is 71.4 Å². The molecule has 2 saturated heterocycles. The monoisotopic (exact) mass is 517 g/mol. The van der Waals surface area contributed by atoms with Gasteiger partial charge in [-0.15, -0.1) is 0 Å². The van der Waals surface area contributed by atoms with Crippen molar-refractivity contribution in [1.29, 1.82) is 5.26 Å². The summed E-state index contributed by atoms with van der Waals surface area (Å²) in [7, 11) is 1.63. The minimum atomic E-state index is -0.394. The number of carbonyl (C=O) groups is 2. The molecule has 0 N–H and O–H groups in total. The first kappa shape index (κ1) is 26.8. The summed E-state index contributed by atoms with van der Waals surface area (Å²) in [6.45, 7) is 10.4. The molecular formula is C24H31N5O4S2. The number of amides is 2. The number of rotatable bonds is 6. The van der Waals surface area contributed by atoms with Crippen molar-refractivity contribution >= 4 is 52.2 Å². The molecule has 2 aliphatic rings. The summed E-state index contributed by atoms with van der Waals surface area (Å²) >= 11 is 6.70. The Morgan fingerprint density at radius 1 is 1.26 bits per heavy atom. The van der Waals surface area contributed by atoms with Crippen molar-refractivity contribution in [2.24, 2.45) is 13.0 Å². The first-order valence-electron chi connectivity index (χ1n) is 11.7. The first-order valence-corrected chi connectivity index (χ1v) is 12.9. The van der Waals surface area contributed by atoms with E-state index in [4.69, 9.17) is 17.0 Å². The average molecular weight is 518 g/mol. The van der Waals surface area contributed by atoms with Gasteiger partial charge in [0.25, 0.3) is 11.5 Å². The van der Waals surface area contributed by atoms with Gasteiger partial charge in [0.1, 0.15) is 21.8 Å². The Kier molecular flexibility index (Phi) is 8.61. The molecule has 2 amide bonds. The van der Waals surface area contributed by atoms with Gasteiger partial charge in [0.2, 0.25) is 0 Å². The molecule has 3 rings (SSSR count). The van der Waals surface area contributed by atoms with Crippen LogP contribution < -0.4 is 10.5 Å². The molecule has 1 aromatic heterocycles. The van der Waals surface area contributed by atoms with Crippen LogP contribution in [0.15, 0.2) is 9.70 Å². The highest BCUT2D eigenvalue weighted by Crippen LogP contribution is 2.36. The highest BCUT2D eigenvalue weighted by atomic mass is 32.2. The summed E-state index contributed by atoms with van der Waals surface area (Å²) in [4.78, 5) is 44.0. The molecule has 35 heavy (non-hydrogen) atoms. The van der Waals surface area contributed by atoms with Crippen LogP contribution in [0.2, 0.25) is 0 Å². The zero-order valence-electron chi connectivity index (χ0n) is 20.8. The van der Waals surface area contributed by atoms with Crippen LogP contribution in [-0.4, -0.2) is 70.0 Å². The maximum atomic E-state index is 13.2. The first-order chi connectivity index (χ1) is 16.6. The van der Waals surface area contributed by atoms with Crippen LogP contribution in [-0.2, 0) is 16.6 Å². The summed E-state index contributed by atoms with van der Waals surface area (Å²) in [5, 5.41) is 9.66. The number of hydrogen-bond donors (Lipinski definition) is 0. The van der Waals surface area contributed by atoms with Crippen LogP contribution in [0.4, 0.5) is 10.6 Å². The predicted octanol–water partition coefficient (Wildman–Crippen LogP) is 3.09. The SMILES string of the molecule is CCOC(=O)N1CCN(c2c(/C=C3\SC(=S)N(CCC(C)C)C3=O)c(C)c(C#N)c(=O)n2C)CC1. The molecule has 2 aliphatic heterocycles. The number of nitriles is 1. The van der Waals surface area contributed by atoms with E-state index in [-0.39, 0.29) is 17.6 Å². The number of ether oxygens (including phenoxy) is 1. The lowest BCUT2D eigenvalue weighted by Gasteiger charge is -2.37. The van der Waals surface area contributed by atoms with E-state index >= 15 is 0 Å². The number of aromatic nitrogens is 1. The minimum absolute atomic E-state index is 0.0444. The van der Waals surface area contributed by atoms with Crippen LogP contribution in [0.3, 0.4) is 0 Å². The number of pyridine rings is 1. The average Bonchev–Trinajstić information content (AvgIpc) is 3.09. The number of anilines is 1. The lowest BCUT2D eigenvalue weighted by atomic mass is 10.0. The van der Waals surface area contributed by atoms with E-state index in [1.807, 2.05) is 11.0 Å². The van der Waals surface area contributed by atoms with Gasteiger partial charge in [-0.05, 0) is 37.8 Å². The van der Waals surface area contributed by atoms with E-state index in [1.165, 1.54) is 16.3 Å². The van der Waals surface area contributed by atoms with E-state index in [0.717, 1.165) is 6.42 Å². The van der Waals surface area contributed by atoms with Gasteiger partial charge in [-0.3, -0.25) is 19.1 Å². The van der Waals surface area contributed by atoms with E-state index < -0.39 is 5.56 Å². The third-order valence-electron chi connectivity index (χ3n) is 6.15. The molecule has 0 spiro atoms. The van der Waals surface area contributed by atoms with Gasteiger partial charge in [0, 0.05) is 45.3 Å². The molecule has 0 saturated carbocycles. The van der Waals surface area contributed by atoms with Crippen LogP contribution >= 0.6 is 24.0 Å². The van der Waals surface area contributed by atoms with Gasteiger partial charge in [-0.2, -0.15) is 5.26 Å². The maximum Gasteiger partial charge on any atom is 0.409 e. The molecule has 0 aliphatic carbocycles. The fourth-order valence-electron chi connectivity index (χ4n) is 4.12. The van der Waals surface area contributed by atoms with Gasteiger partial charge in [0.05, 0.1) is 11.5 Å². The Bertz CT molecular complexity index is 1160. The smallest absolute Gasteiger partial charge is 0.409 e. The molecule has 0 unspecified atom stereocenters. The third-order valence-corrected chi connectivity index (χ3v) is 7.53. The van der Waals surface area contributed by atoms with E-state index in [1.54, 1.807) is 36.8 Å². The topological polar surface area (TPSA) is 98.9 Å². The predicted molar refractivity (Wildman–Crippen MR) is 141 cm³/mol. The molecule has 0 atom stereocenters. The summed E-state index contributed by atoms with van der Waals surface area (Å²) in [6.07, 6.45) is 2.23. The molecule has 1 aromatic rings. The van der Waals surface area contributed by atoms with Gasteiger partial charge < -0.3 is 14.5 Å². The molecule has 11 heteroatoms. The van der Waals surface area contributed by atoms with Gasteiger partial charge >= 0.3 is 6.09 Å². The quantitative estimate of drug-likeness (QED) is 0.419. The second-order valence-corrected chi connectivity index (χ2v) is 10.6. The second-order valence-electron chi connectivity index (χ2n) is 8.90. The van der Waals surface area contributed by atoms with Crippen molar-refractivity contribution < 1.29 is 14.3 Å². The zero-order valence-corrected chi connectivity index (χ0v) is 22.4. The van der Waals surface area contributed by atoms with Crippen molar-refractivity contribution in [2.75, 3.05) is 44.2 Å². The summed E-state index contributed by atoms with van der Waals surface area (Å²) < 4.78 is 7.07. The maximum absolute atomic E-state index is 13.2. The number of nitrogens with zero attached hydrogens (tertiary/aromatic N) is 5. The van der Waals surface area contributed by atoms with Crippen LogP contribution in [0.1, 0.15) is 43.9 Å². The molecule has 3 heterocycles. The highest BCUT2D eigenvalue weighted by Gasteiger charge is 2.33. The van der Waals surface area contributed by atoms with Crippen molar-refractivity contribution in [3.05, 3.63) is 31.9 Å². The molecule has 0 radical (unpaired) electrons. The number of thioether (sulfide) groups is 1. The lowest BCUT2D eigenvalue weighted by Crippen LogP contribution is -2.50. The summed E-state index contributed by atoms with van der Waals surface area (Å²) in [6, 6.07) is 2.02. The summed E-state index contributed by atoms with van der Waals surface area (Å²) in [5.41, 5.74) is 0.806.